The molecule has 5 nitrogen and oxygen atoms in total. The van der Waals surface area contributed by atoms with E-state index in [1.807, 2.05) is 29.2 Å². The summed E-state index contributed by atoms with van der Waals surface area (Å²) in [7, 11) is 1.71. The fraction of sp³-hybridized carbons (Fsp3) is 0.323. The van der Waals surface area contributed by atoms with E-state index in [9.17, 15) is 4.79 Å². The van der Waals surface area contributed by atoms with Crippen molar-refractivity contribution in [2.45, 2.75) is 25.8 Å². The van der Waals surface area contributed by atoms with Crippen LogP contribution in [-0.4, -0.2) is 60.1 Å². The zero-order valence-electron chi connectivity index (χ0n) is 21.3. The van der Waals surface area contributed by atoms with Gasteiger partial charge in [0.15, 0.2) is 0 Å². The maximum atomic E-state index is 13.6. The van der Waals surface area contributed by atoms with Crippen LogP contribution in [0, 0.1) is 0 Å². The summed E-state index contributed by atoms with van der Waals surface area (Å²) >= 11 is 0. The summed E-state index contributed by atoms with van der Waals surface area (Å²) in [4.78, 5) is 18.1. The molecule has 0 bridgehead atoms. The second-order valence-corrected chi connectivity index (χ2v) is 9.53. The summed E-state index contributed by atoms with van der Waals surface area (Å²) in [6, 6.07) is 27.2. The number of nitrogens with zero attached hydrogens (tertiary/aromatic N) is 3. The highest BCUT2D eigenvalue weighted by molar-refractivity contribution is 5.87. The lowest BCUT2D eigenvalue weighted by Crippen LogP contribution is -2.48. The van der Waals surface area contributed by atoms with Crippen molar-refractivity contribution >= 4 is 16.8 Å². The number of carbonyl (C=O) groups is 1. The van der Waals surface area contributed by atoms with Gasteiger partial charge in [0.2, 0.25) is 5.91 Å². The van der Waals surface area contributed by atoms with Crippen LogP contribution in [0.3, 0.4) is 0 Å². The molecule has 0 radical (unpaired) electrons. The van der Waals surface area contributed by atoms with Crippen LogP contribution in [0.4, 0.5) is 0 Å². The number of rotatable bonds is 8. The maximum absolute atomic E-state index is 13.6. The first-order valence-electron chi connectivity index (χ1n) is 12.9. The minimum Gasteiger partial charge on any atom is -0.496 e. The van der Waals surface area contributed by atoms with E-state index in [2.05, 4.69) is 77.2 Å². The third-order valence-corrected chi connectivity index (χ3v) is 7.46. The largest absolute Gasteiger partial charge is 0.496 e. The number of hydrogen-bond acceptors (Lipinski definition) is 3. The smallest absolute Gasteiger partial charge is 0.223 e. The zero-order chi connectivity index (χ0) is 24.9. The van der Waals surface area contributed by atoms with E-state index in [0.717, 1.165) is 50.6 Å². The van der Waals surface area contributed by atoms with E-state index in [1.54, 1.807) is 7.11 Å². The van der Waals surface area contributed by atoms with Gasteiger partial charge < -0.3 is 19.1 Å². The minimum atomic E-state index is -0.0974. The van der Waals surface area contributed by atoms with Crippen molar-refractivity contribution in [1.82, 2.24) is 14.4 Å². The van der Waals surface area contributed by atoms with Crippen molar-refractivity contribution in [2.24, 2.45) is 0 Å². The first kappa shape index (κ1) is 24.1. The number of ether oxygens (including phenoxy) is 1. The van der Waals surface area contributed by atoms with Gasteiger partial charge in [-0.2, -0.15) is 0 Å². The van der Waals surface area contributed by atoms with Gasteiger partial charge >= 0.3 is 0 Å². The monoisotopic (exact) mass is 481 g/mol. The predicted octanol–water partition coefficient (Wildman–Crippen LogP) is 5.38. The van der Waals surface area contributed by atoms with Crippen molar-refractivity contribution in [1.29, 1.82) is 0 Å². The third kappa shape index (κ3) is 5.02. The molecule has 1 aromatic heterocycles. The molecule has 1 saturated heterocycles. The van der Waals surface area contributed by atoms with E-state index in [-0.39, 0.29) is 11.8 Å². The van der Waals surface area contributed by atoms with Gasteiger partial charge in [0.1, 0.15) is 5.75 Å². The van der Waals surface area contributed by atoms with Crippen LogP contribution in [0.5, 0.6) is 5.75 Å². The number of hydrogen-bond donors (Lipinski definition) is 0. The van der Waals surface area contributed by atoms with Crippen molar-refractivity contribution in [3.63, 3.8) is 0 Å². The molecule has 3 aromatic carbocycles. The molecule has 1 amide bonds. The molecule has 0 N–H and O–H groups in total. The number of benzene rings is 3. The first-order chi connectivity index (χ1) is 17.7. The van der Waals surface area contributed by atoms with Crippen molar-refractivity contribution in [2.75, 3.05) is 39.8 Å². The molecular formula is C31H35N3O2. The highest BCUT2D eigenvalue weighted by atomic mass is 16.5. The molecule has 5 heteroatoms. The molecule has 5 rings (SSSR count). The first-order valence-corrected chi connectivity index (χ1v) is 12.9. The average molecular weight is 482 g/mol. The summed E-state index contributed by atoms with van der Waals surface area (Å²) in [6.07, 6.45) is 2.67. The van der Waals surface area contributed by atoms with Crippen LogP contribution in [0.15, 0.2) is 85.1 Å². The molecule has 36 heavy (non-hydrogen) atoms. The summed E-state index contributed by atoms with van der Waals surface area (Å²) in [5.74, 6) is 0.937. The molecule has 1 atom stereocenters. The number of amides is 1. The average Bonchev–Trinajstić information content (AvgIpc) is 3.30. The Bertz CT molecular complexity index is 1310. The number of methoxy groups -OCH3 is 1. The zero-order valence-corrected chi connectivity index (χ0v) is 21.3. The number of piperazine rings is 1. The van der Waals surface area contributed by atoms with Gasteiger partial charge in [0.25, 0.3) is 0 Å². The lowest BCUT2D eigenvalue weighted by Gasteiger charge is -2.35. The standard InChI is InChI=1S/C31H35N3O2/c1-3-32-17-19-33(20-18-32)31(35)21-27(26-14-8-10-16-30(26)36-2)28-23-34(22-24-11-5-4-6-12-24)29-15-9-7-13-25(28)29/h4-16,23,27H,3,17-22H2,1-2H3. The fourth-order valence-electron chi connectivity index (χ4n) is 5.42. The van der Waals surface area contributed by atoms with E-state index in [4.69, 9.17) is 4.74 Å². The normalized spacial score (nSPS) is 15.2. The third-order valence-electron chi connectivity index (χ3n) is 7.46. The Morgan fingerprint density at radius 1 is 0.861 bits per heavy atom. The van der Waals surface area contributed by atoms with Crippen molar-refractivity contribution in [3.8, 4) is 5.75 Å². The van der Waals surface area contributed by atoms with E-state index >= 15 is 0 Å². The molecule has 1 unspecified atom stereocenters. The van der Waals surface area contributed by atoms with E-state index in [0.29, 0.717) is 6.42 Å². The van der Waals surface area contributed by atoms with Gasteiger partial charge in [-0.25, -0.2) is 0 Å². The summed E-state index contributed by atoms with van der Waals surface area (Å²) < 4.78 is 8.09. The van der Waals surface area contributed by atoms with Gasteiger partial charge in [-0.15, -0.1) is 0 Å². The Kier molecular flexibility index (Phi) is 7.38. The van der Waals surface area contributed by atoms with Gasteiger partial charge in [0, 0.05) is 67.7 Å². The molecule has 1 aliphatic rings. The molecule has 4 aromatic rings. The second-order valence-electron chi connectivity index (χ2n) is 9.53. The Labute approximate surface area is 213 Å². The van der Waals surface area contributed by atoms with Crippen LogP contribution in [0.2, 0.25) is 0 Å². The molecule has 186 valence electrons. The van der Waals surface area contributed by atoms with E-state index < -0.39 is 0 Å². The molecule has 1 fully saturated rings. The predicted molar refractivity (Wildman–Crippen MR) is 146 cm³/mol. The van der Waals surface area contributed by atoms with Crippen LogP contribution < -0.4 is 4.74 Å². The van der Waals surface area contributed by atoms with Crippen molar-refractivity contribution < 1.29 is 9.53 Å². The Morgan fingerprint density at radius 2 is 1.56 bits per heavy atom. The van der Waals surface area contributed by atoms with Crippen LogP contribution in [0.25, 0.3) is 10.9 Å². The number of carbonyl (C=O) groups excluding carboxylic acids is 1. The molecule has 0 spiro atoms. The van der Waals surface area contributed by atoms with Gasteiger partial charge in [0.05, 0.1) is 7.11 Å². The molecule has 0 saturated carbocycles. The van der Waals surface area contributed by atoms with Crippen LogP contribution in [-0.2, 0) is 11.3 Å². The maximum Gasteiger partial charge on any atom is 0.223 e. The summed E-state index contributed by atoms with van der Waals surface area (Å²) in [5.41, 5.74) is 4.67. The number of para-hydroxylation sites is 2. The summed E-state index contributed by atoms with van der Waals surface area (Å²) in [5, 5.41) is 1.19. The van der Waals surface area contributed by atoms with Gasteiger partial charge in [-0.1, -0.05) is 73.7 Å². The number of likely N-dealkylation sites (N-methyl/N-ethyl adjacent to an activating group) is 1. The minimum absolute atomic E-state index is 0.0974. The highest BCUT2D eigenvalue weighted by Crippen LogP contribution is 2.39. The van der Waals surface area contributed by atoms with Crippen LogP contribution >= 0.6 is 0 Å². The van der Waals surface area contributed by atoms with Gasteiger partial charge in [-0.3, -0.25) is 4.79 Å². The van der Waals surface area contributed by atoms with E-state index in [1.165, 1.54) is 22.0 Å². The highest BCUT2D eigenvalue weighted by Gasteiger charge is 2.28. The second kappa shape index (κ2) is 11.0. The topological polar surface area (TPSA) is 37.7 Å². The fourth-order valence-corrected chi connectivity index (χ4v) is 5.42. The lowest BCUT2D eigenvalue weighted by atomic mass is 9.87. The molecule has 2 heterocycles. The summed E-state index contributed by atoms with van der Waals surface area (Å²) in [6.45, 7) is 7.47. The van der Waals surface area contributed by atoms with Crippen molar-refractivity contribution in [3.05, 3.63) is 102 Å². The molecular weight excluding hydrogens is 446 g/mol. The Morgan fingerprint density at radius 3 is 2.31 bits per heavy atom. The van der Waals surface area contributed by atoms with Gasteiger partial charge in [-0.05, 0) is 29.8 Å². The Balaban J connectivity index is 1.54. The van der Waals surface area contributed by atoms with Crippen LogP contribution in [0.1, 0.15) is 36.0 Å². The lowest BCUT2D eigenvalue weighted by molar-refractivity contribution is -0.133. The molecule has 0 aliphatic carbocycles. The number of fused-ring (bicyclic) bond motifs is 1. The molecule has 1 aliphatic heterocycles. The Hall–Kier alpha value is -3.57. The quantitative estimate of drug-likeness (QED) is 0.339. The number of aromatic nitrogens is 1. The SMILES string of the molecule is CCN1CCN(C(=O)CC(c2ccccc2OC)c2cn(Cc3ccccc3)c3ccccc23)CC1.